The predicted octanol–water partition coefficient (Wildman–Crippen LogP) is 3.74. The van der Waals surface area contributed by atoms with Crippen LogP contribution in [0.2, 0.25) is 0 Å². The van der Waals surface area contributed by atoms with E-state index in [0.29, 0.717) is 12.4 Å². The highest BCUT2D eigenvalue weighted by Crippen LogP contribution is 2.19. The molecule has 5 heteroatoms. The molecule has 1 aromatic heterocycles. The number of aryl methyl sites for hydroxylation is 1. The van der Waals surface area contributed by atoms with Crippen molar-refractivity contribution in [2.24, 2.45) is 0 Å². The molecule has 4 nitrogen and oxygen atoms in total. The number of unbranched alkanes of at least 4 members (excludes halogenated alkanes) is 1. The van der Waals surface area contributed by atoms with Crippen molar-refractivity contribution in [3.63, 3.8) is 0 Å². The summed E-state index contributed by atoms with van der Waals surface area (Å²) in [5, 5.41) is 4.01. The van der Waals surface area contributed by atoms with E-state index < -0.39 is 0 Å². The Bertz CT molecular complexity index is 570. The van der Waals surface area contributed by atoms with Gasteiger partial charge < -0.3 is 4.52 Å². The Balaban J connectivity index is 1.98. The van der Waals surface area contributed by atoms with Gasteiger partial charge in [-0.25, -0.2) is 4.39 Å². The van der Waals surface area contributed by atoms with Gasteiger partial charge in [-0.3, -0.25) is 4.90 Å². The zero-order valence-electron chi connectivity index (χ0n) is 12.8. The van der Waals surface area contributed by atoms with Gasteiger partial charge in [0.25, 0.3) is 0 Å². The molecule has 0 spiro atoms. The lowest BCUT2D eigenvalue weighted by atomic mass is 10.2. The summed E-state index contributed by atoms with van der Waals surface area (Å²) in [5.41, 5.74) is 0.926. The number of hydrogen-bond acceptors (Lipinski definition) is 4. The zero-order valence-corrected chi connectivity index (χ0v) is 12.8. The van der Waals surface area contributed by atoms with Crippen LogP contribution in [-0.2, 0) is 13.0 Å². The van der Waals surface area contributed by atoms with Gasteiger partial charge in [-0.05, 0) is 38.1 Å². The third-order valence-corrected chi connectivity index (χ3v) is 3.58. The maximum absolute atomic E-state index is 13.2. The highest BCUT2D eigenvalue weighted by Gasteiger charge is 2.18. The molecule has 1 unspecified atom stereocenters. The molecular weight excluding hydrogens is 269 g/mol. The first kappa shape index (κ1) is 15.6. The molecule has 0 bridgehead atoms. The number of nitrogens with zero attached hydrogens (tertiary/aromatic N) is 3. The summed E-state index contributed by atoms with van der Waals surface area (Å²) in [6.07, 6.45) is 3.02. The minimum Gasteiger partial charge on any atom is -0.338 e. The van der Waals surface area contributed by atoms with Gasteiger partial charge in [-0.2, -0.15) is 4.98 Å². The fourth-order valence-corrected chi connectivity index (χ4v) is 2.12. The maximum atomic E-state index is 13.2. The third-order valence-electron chi connectivity index (χ3n) is 3.58. The average molecular weight is 291 g/mol. The molecule has 1 heterocycles. The molecule has 1 atom stereocenters. The van der Waals surface area contributed by atoms with Crippen molar-refractivity contribution in [3.05, 3.63) is 47.4 Å². The maximum Gasteiger partial charge on any atom is 0.243 e. The molecule has 0 amide bonds. The molecule has 2 aromatic rings. The summed E-state index contributed by atoms with van der Waals surface area (Å²) in [4.78, 5) is 6.50. The van der Waals surface area contributed by atoms with Crippen molar-refractivity contribution in [1.29, 1.82) is 0 Å². The highest BCUT2D eigenvalue weighted by atomic mass is 19.1. The Kier molecular flexibility index (Phi) is 5.44. The molecule has 0 N–H and O–H groups in total. The quantitative estimate of drug-likeness (QED) is 0.779. The summed E-state index contributed by atoms with van der Waals surface area (Å²) in [7, 11) is 1.96. The van der Waals surface area contributed by atoms with E-state index in [4.69, 9.17) is 4.52 Å². The highest BCUT2D eigenvalue weighted by molar-refractivity contribution is 5.16. The van der Waals surface area contributed by atoms with E-state index in [9.17, 15) is 4.39 Å². The lowest BCUT2D eigenvalue weighted by Crippen LogP contribution is -2.22. The van der Waals surface area contributed by atoms with Crippen LogP contribution in [0.3, 0.4) is 0 Å². The van der Waals surface area contributed by atoms with Crippen LogP contribution in [0.4, 0.5) is 4.39 Å². The normalized spacial score (nSPS) is 12.8. The summed E-state index contributed by atoms with van der Waals surface area (Å²) in [6, 6.07) is 6.62. The van der Waals surface area contributed by atoms with Crippen LogP contribution in [0.5, 0.6) is 0 Å². The average Bonchev–Trinajstić information content (AvgIpc) is 2.93. The van der Waals surface area contributed by atoms with Gasteiger partial charge in [0.15, 0.2) is 5.82 Å². The number of halogens is 1. The molecule has 0 saturated heterocycles. The number of benzene rings is 1. The molecule has 0 aliphatic rings. The minimum absolute atomic E-state index is 0.00357. The van der Waals surface area contributed by atoms with Crippen LogP contribution >= 0.6 is 0 Å². The zero-order chi connectivity index (χ0) is 15.2. The van der Waals surface area contributed by atoms with E-state index in [1.165, 1.54) is 6.07 Å². The summed E-state index contributed by atoms with van der Waals surface area (Å²) in [5.74, 6) is 1.16. The van der Waals surface area contributed by atoms with E-state index in [1.807, 2.05) is 20.0 Å². The number of hydrogen-bond donors (Lipinski definition) is 0. The van der Waals surface area contributed by atoms with Crippen molar-refractivity contribution in [3.8, 4) is 0 Å². The van der Waals surface area contributed by atoms with Crippen molar-refractivity contribution in [2.75, 3.05) is 7.05 Å². The molecule has 0 aliphatic carbocycles. The van der Waals surface area contributed by atoms with E-state index in [-0.39, 0.29) is 11.9 Å². The molecule has 114 valence electrons. The molecule has 0 saturated carbocycles. The predicted molar refractivity (Wildman–Crippen MR) is 79.2 cm³/mol. The molecule has 21 heavy (non-hydrogen) atoms. The Morgan fingerprint density at radius 2 is 2.19 bits per heavy atom. The van der Waals surface area contributed by atoms with Gasteiger partial charge in [0.1, 0.15) is 5.82 Å². The topological polar surface area (TPSA) is 42.2 Å². The smallest absolute Gasteiger partial charge is 0.243 e. The van der Waals surface area contributed by atoms with E-state index in [2.05, 4.69) is 22.0 Å². The molecule has 0 aliphatic heterocycles. The van der Waals surface area contributed by atoms with Crippen LogP contribution in [0.25, 0.3) is 0 Å². The molecule has 0 radical (unpaired) electrons. The molecular formula is C16H22FN3O. The monoisotopic (exact) mass is 291 g/mol. The Morgan fingerprint density at radius 3 is 2.90 bits per heavy atom. The van der Waals surface area contributed by atoms with Gasteiger partial charge in [-0.15, -0.1) is 0 Å². The van der Waals surface area contributed by atoms with Gasteiger partial charge >= 0.3 is 0 Å². The number of rotatable bonds is 7. The third kappa shape index (κ3) is 4.36. The van der Waals surface area contributed by atoms with Crippen LogP contribution in [0.15, 0.2) is 28.8 Å². The first-order valence-corrected chi connectivity index (χ1v) is 7.37. The van der Waals surface area contributed by atoms with E-state index in [1.54, 1.807) is 12.1 Å². The molecule has 1 aromatic carbocycles. The minimum atomic E-state index is -0.215. The summed E-state index contributed by atoms with van der Waals surface area (Å²) in [6.45, 7) is 4.78. The van der Waals surface area contributed by atoms with Gasteiger partial charge in [0.2, 0.25) is 5.89 Å². The van der Waals surface area contributed by atoms with Gasteiger partial charge in [0.05, 0.1) is 6.04 Å². The lowest BCUT2D eigenvalue weighted by Gasteiger charge is -2.21. The van der Waals surface area contributed by atoms with Gasteiger partial charge in [0, 0.05) is 13.0 Å². The standard InChI is InChI=1S/C16H22FN3O/c1-4-5-9-15-18-16(21-19-15)12(2)20(3)11-13-7-6-8-14(17)10-13/h6-8,10,12H,4-5,9,11H2,1-3H3. The second-order valence-corrected chi connectivity index (χ2v) is 5.37. The lowest BCUT2D eigenvalue weighted by molar-refractivity contribution is 0.202. The van der Waals surface area contributed by atoms with Crippen LogP contribution < -0.4 is 0 Å². The Labute approximate surface area is 125 Å². The first-order chi connectivity index (χ1) is 10.1. The fraction of sp³-hybridized carbons (Fsp3) is 0.500. The fourth-order valence-electron chi connectivity index (χ4n) is 2.12. The van der Waals surface area contributed by atoms with Crippen molar-refractivity contribution >= 4 is 0 Å². The van der Waals surface area contributed by atoms with Crippen LogP contribution in [0, 0.1) is 5.82 Å². The van der Waals surface area contributed by atoms with Crippen molar-refractivity contribution in [2.45, 2.75) is 45.7 Å². The molecule has 0 fully saturated rings. The van der Waals surface area contributed by atoms with Crippen molar-refractivity contribution < 1.29 is 8.91 Å². The summed E-state index contributed by atoms with van der Waals surface area (Å²) >= 11 is 0. The van der Waals surface area contributed by atoms with E-state index >= 15 is 0 Å². The summed E-state index contributed by atoms with van der Waals surface area (Å²) < 4.78 is 18.5. The largest absolute Gasteiger partial charge is 0.338 e. The Hall–Kier alpha value is -1.75. The van der Waals surface area contributed by atoms with Gasteiger partial charge in [-0.1, -0.05) is 30.6 Å². The van der Waals surface area contributed by atoms with E-state index in [0.717, 1.165) is 30.7 Å². The van der Waals surface area contributed by atoms with Crippen molar-refractivity contribution in [1.82, 2.24) is 15.0 Å². The number of aromatic nitrogens is 2. The Morgan fingerprint density at radius 1 is 1.38 bits per heavy atom. The van der Waals surface area contributed by atoms with Crippen LogP contribution in [-0.4, -0.2) is 22.1 Å². The SMILES string of the molecule is CCCCc1noc(C(C)N(C)Cc2cccc(F)c2)n1. The van der Waals surface area contributed by atoms with Crippen LogP contribution in [0.1, 0.15) is 50.0 Å². The first-order valence-electron chi connectivity index (χ1n) is 7.37. The molecule has 2 rings (SSSR count). The second kappa shape index (κ2) is 7.31. The second-order valence-electron chi connectivity index (χ2n) is 5.37.